The van der Waals surface area contributed by atoms with Crippen molar-refractivity contribution in [3.8, 4) is 5.75 Å². The van der Waals surface area contributed by atoms with Gasteiger partial charge in [-0.1, -0.05) is 11.6 Å². The Balaban J connectivity index is 2.53. The first-order chi connectivity index (χ1) is 5.68. The summed E-state index contributed by atoms with van der Waals surface area (Å²) >= 11 is 5.61. The van der Waals surface area contributed by atoms with Gasteiger partial charge in [-0.15, -0.1) is 0 Å². The Morgan fingerprint density at radius 3 is 2.50 bits per heavy atom. The van der Waals surface area contributed by atoms with Gasteiger partial charge in [0.2, 0.25) is 0 Å². The molecule has 0 aliphatic heterocycles. The predicted molar refractivity (Wildman–Crippen MR) is 46.8 cm³/mol. The van der Waals surface area contributed by atoms with Crippen LogP contribution in [0.15, 0.2) is 24.3 Å². The zero-order chi connectivity index (χ0) is 8.97. The lowest BCUT2D eigenvalue weighted by Gasteiger charge is -1.97. The molecule has 5 heteroatoms. The molecule has 1 atom stereocenters. The Morgan fingerprint density at radius 1 is 1.42 bits per heavy atom. The van der Waals surface area contributed by atoms with Gasteiger partial charge >= 0.3 is 14.4 Å². The first kappa shape index (κ1) is 9.46. The highest BCUT2D eigenvalue weighted by Crippen LogP contribution is 2.19. The molecule has 0 spiro atoms. The molecule has 3 nitrogen and oxygen atoms in total. The lowest BCUT2D eigenvalue weighted by atomic mass is 10.3. The number of ether oxygens (including phenoxy) is 1. The Hall–Kier alpha value is -0.630. The van der Waals surface area contributed by atoms with Crippen molar-refractivity contribution in [1.29, 1.82) is 0 Å². The van der Waals surface area contributed by atoms with Crippen LogP contribution in [0.25, 0.3) is 0 Å². The summed E-state index contributed by atoms with van der Waals surface area (Å²) < 4.78 is 15.2. The molecule has 1 aromatic carbocycles. The minimum Gasteiger partial charge on any atom is -0.446 e. The Morgan fingerprint density at radius 2 is 2.00 bits per heavy atom. The zero-order valence-electron chi connectivity index (χ0n) is 6.11. The van der Waals surface area contributed by atoms with Gasteiger partial charge in [0.15, 0.2) is 0 Å². The third-order valence-corrected chi connectivity index (χ3v) is 1.76. The van der Waals surface area contributed by atoms with Crippen LogP contribution in [0.5, 0.6) is 5.75 Å². The number of halogens is 1. The molecule has 64 valence electrons. The largest absolute Gasteiger partial charge is 0.547 e. The van der Waals surface area contributed by atoms with E-state index in [-0.39, 0.29) is 6.35 Å². The van der Waals surface area contributed by atoms with E-state index in [2.05, 4.69) is 0 Å². The van der Waals surface area contributed by atoms with Crippen molar-refractivity contribution < 1.29 is 14.2 Å². The van der Waals surface area contributed by atoms with E-state index in [9.17, 15) is 4.57 Å². The Bertz CT molecular complexity index is 272. The summed E-state index contributed by atoms with van der Waals surface area (Å²) in [6.45, 7) is 0. The molecule has 0 saturated carbocycles. The lowest BCUT2D eigenvalue weighted by Crippen LogP contribution is -1.90. The monoisotopic (exact) mass is 205 g/mol. The van der Waals surface area contributed by atoms with Gasteiger partial charge in [-0.05, 0) is 28.8 Å². The summed E-state index contributed by atoms with van der Waals surface area (Å²) in [5, 5.41) is 0.607. The predicted octanol–water partition coefficient (Wildman–Crippen LogP) is 2.41. The average Bonchev–Trinajstić information content (AvgIpc) is 2.03. The smallest absolute Gasteiger partial charge is 0.446 e. The summed E-state index contributed by atoms with van der Waals surface area (Å²) in [6.07, 6.45) is -0.184. The molecule has 0 aromatic heterocycles. The van der Waals surface area contributed by atoms with Crippen LogP contribution in [0.1, 0.15) is 0 Å². The van der Waals surface area contributed by atoms with Gasteiger partial charge < -0.3 is 4.74 Å². The molecule has 0 radical (unpaired) electrons. The average molecular weight is 206 g/mol. The number of hydrogen-bond acceptors (Lipinski definition) is 2. The van der Waals surface area contributed by atoms with Crippen LogP contribution in [0, 0.1) is 0 Å². The third kappa shape index (κ3) is 3.18. The molecule has 1 aromatic rings. The fourth-order valence-electron chi connectivity index (χ4n) is 0.661. The van der Waals surface area contributed by atoms with Crippen molar-refractivity contribution in [2.45, 2.75) is 0 Å². The highest BCUT2D eigenvalue weighted by molar-refractivity contribution is 7.37. The SMILES string of the molecule is O=[P+](O)COc1ccc(Cl)cc1. The van der Waals surface area contributed by atoms with Gasteiger partial charge in [0, 0.05) is 5.02 Å². The molecule has 0 fully saturated rings. The first-order valence-corrected chi connectivity index (χ1v) is 4.98. The maximum Gasteiger partial charge on any atom is 0.547 e. The molecular weight excluding hydrogens is 199 g/mol. The van der Waals surface area contributed by atoms with Crippen LogP contribution < -0.4 is 4.74 Å². The van der Waals surface area contributed by atoms with Crippen LogP contribution in [-0.2, 0) is 4.57 Å². The summed E-state index contributed by atoms with van der Waals surface area (Å²) in [6, 6.07) is 6.59. The highest BCUT2D eigenvalue weighted by Gasteiger charge is 2.09. The van der Waals surface area contributed by atoms with Crippen LogP contribution >= 0.6 is 19.6 Å². The molecule has 0 aliphatic rings. The van der Waals surface area contributed by atoms with E-state index in [0.29, 0.717) is 10.8 Å². The molecule has 12 heavy (non-hydrogen) atoms. The van der Waals surface area contributed by atoms with Crippen molar-refractivity contribution >= 4 is 19.6 Å². The maximum atomic E-state index is 10.2. The van der Waals surface area contributed by atoms with E-state index in [1.165, 1.54) is 0 Å². The Labute approximate surface area is 75.8 Å². The van der Waals surface area contributed by atoms with E-state index in [1.54, 1.807) is 24.3 Å². The van der Waals surface area contributed by atoms with Crippen molar-refractivity contribution in [2.24, 2.45) is 0 Å². The van der Waals surface area contributed by atoms with Crippen molar-refractivity contribution in [3.63, 3.8) is 0 Å². The summed E-state index contributed by atoms with van der Waals surface area (Å²) in [5.74, 6) is 0.539. The van der Waals surface area contributed by atoms with Crippen LogP contribution in [0.4, 0.5) is 0 Å². The molecule has 0 amide bonds. The summed E-state index contributed by atoms with van der Waals surface area (Å²) in [4.78, 5) is 8.43. The number of rotatable bonds is 3. The molecule has 0 aliphatic carbocycles. The van der Waals surface area contributed by atoms with E-state index in [1.807, 2.05) is 0 Å². The van der Waals surface area contributed by atoms with Gasteiger partial charge in [-0.3, -0.25) is 0 Å². The molecule has 0 saturated heterocycles. The van der Waals surface area contributed by atoms with E-state index in [4.69, 9.17) is 21.2 Å². The number of benzene rings is 1. The van der Waals surface area contributed by atoms with Gasteiger partial charge in [-0.25, -0.2) is 0 Å². The molecule has 1 rings (SSSR count). The lowest BCUT2D eigenvalue weighted by molar-refractivity contribution is 0.360. The van der Waals surface area contributed by atoms with Crippen LogP contribution in [-0.4, -0.2) is 11.2 Å². The Kier molecular flexibility index (Phi) is 3.48. The maximum absolute atomic E-state index is 10.2. The number of hydrogen-bond donors (Lipinski definition) is 1. The second-order valence-corrected chi connectivity index (χ2v) is 3.48. The van der Waals surface area contributed by atoms with Gasteiger partial charge in [0.1, 0.15) is 5.75 Å². The van der Waals surface area contributed by atoms with E-state index < -0.39 is 8.03 Å². The van der Waals surface area contributed by atoms with Crippen LogP contribution in [0.2, 0.25) is 5.02 Å². The van der Waals surface area contributed by atoms with Crippen LogP contribution in [0.3, 0.4) is 0 Å². The summed E-state index contributed by atoms with van der Waals surface area (Å²) in [7, 11) is -2.24. The van der Waals surface area contributed by atoms with E-state index >= 15 is 0 Å². The van der Waals surface area contributed by atoms with Crippen molar-refractivity contribution in [1.82, 2.24) is 0 Å². The first-order valence-electron chi connectivity index (χ1n) is 3.20. The van der Waals surface area contributed by atoms with Gasteiger partial charge in [0.25, 0.3) is 0 Å². The second kappa shape index (κ2) is 4.41. The van der Waals surface area contributed by atoms with Crippen molar-refractivity contribution in [2.75, 3.05) is 6.35 Å². The van der Waals surface area contributed by atoms with Crippen molar-refractivity contribution in [3.05, 3.63) is 29.3 Å². The summed E-state index contributed by atoms with van der Waals surface area (Å²) in [5.41, 5.74) is 0. The quantitative estimate of drug-likeness (QED) is 0.771. The molecule has 0 heterocycles. The zero-order valence-corrected chi connectivity index (χ0v) is 7.76. The molecule has 1 N–H and O–H groups in total. The van der Waals surface area contributed by atoms with Gasteiger partial charge in [0.05, 0.1) is 0 Å². The van der Waals surface area contributed by atoms with Gasteiger partial charge in [-0.2, -0.15) is 4.89 Å². The standard InChI is InChI=1S/C7H6ClO3P/c8-6-1-3-7(4-2-6)11-5-12(9)10/h1-4H,5H2/p+1. The van der Waals surface area contributed by atoms with E-state index in [0.717, 1.165) is 0 Å². The molecule has 1 unspecified atom stereocenters. The fraction of sp³-hybridized carbons (Fsp3) is 0.143. The molecular formula is C7H7ClO3P+. The second-order valence-electron chi connectivity index (χ2n) is 2.08. The minimum atomic E-state index is -2.24. The minimum absolute atomic E-state index is 0.184. The molecule has 0 bridgehead atoms. The third-order valence-electron chi connectivity index (χ3n) is 1.16. The highest BCUT2D eigenvalue weighted by atomic mass is 35.5. The fourth-order valence-corrected chi connectivity index (χ4v) is 1.05. The normalized spacial score (nSPS) is 11.0. The topological polar surface area (TPSA) is 46.5 Å².